The summed E-state index contributed by atoms with van der Waals surface area (Å²) in [5.74, 6) is -0.0740. The van der Waals surface area contributed by atoms with Crippen LogP contribution >= 0.6 is 11.3 Å². The Morgan fingerprint density at radius 1 is 1.43 bits per heavy atom. The fourth-order valence-corrected chi connectivity index (χ4v) is 3.25. The zero-order chi connectivity index (χ0) is 14.8. The molecule has 3 rings (SSSR count). The van der Waals surface area contributed by atoms with Crippen LogP contribution in [0, 0.1) is 6.92 Å². The monoisotopic (exact) mass is 297 g/mol. The summed E-state index contributed by atoms with van der Waals surface area (Å²) in [5, 5.41) is 8.38. The standard InChI is InChI=1S/C16H15N3OS/c1-3-9-17-15(20)14-10-13-11(2)18-19(16(13)21-14)12-7-5-4-6-8-12/h3-8,10H,1,9H2,2H3,(H,17,20). The highest BCUT2D eigenvalue weighted by Crippen LogP contribution is 2.30. The van der Waals surface area contributed by atoms with Gasteiger partial charge in [-0.1, -0.05) is 24.3 Å². The second-order valence-electron chi connectivity index (χ2n) is 4.66. The number of aromatic nitrogens is 2. The zero-order valence-corrected chi connectivity index (χ0v) is 12.5. The average molecular weight is 297 g/mol. The van der Waals surface area contributed by atoms with E-state index >= 15 is 0 Å². The van der Waals surface area contributed by atoms with E-state index < -0.39 is 0 Å². The number of nitrogens with one attached hydrogen (secondary N) is 1. The van der Waals surface area contributed by atoms with Gasteiger partial charge in [-0.15, -0.1) is 17.9 Å². The van der Waals surface area contributed by atoms with Crippen molar-refractivity contribution in [2.24, 2.45) is 0 Å². The predicted molar refractivity (Wildman–Crippen MR) is 86.2 cm³/mol. The van der Waals surface area contributed by atoms with Gasteiger partial charge in [0.15, 0.2) is 0 Å². The van der Waals surface area contributed by atoms with E-state index in [4.69, 9.17) is 0 Å². The van der Waals surface area contributed by atoms with Gasteiger partial charge in [0, 0.05) is 11.9 Å². The van der Waals surface area contributed by atoms with Crippen molar-refractivity contribution in [1.29, 1.82) is 0 Å². The molecular weight excluding hydrogens is 282 g/mol. The lowest BCUT2D eigenvalue weighted by molar-refractivity contribution is 0.0962. The van der Waals surface area contributed by atoms with Crippen molar-refractivity contribution in [2.75, 3.05) is 6.54 Å². The third kappa shape index (κ3) is 2.48. The second-order valence-corrected chi connectivity index (χ2v) is 5.69. The highest BCUT2D eigenvalue weighted by atomic mass is 32.1. The van der Waals surface area contributed by atoms with Crippen LogP contribution in [0.4, 0.5) is 0 Å². The van der Waals surface area contributed by atoms with Crippen LogP contribution in [0.25, 0.3) is 15.9 Å². The Balaban J connectivity index is 2.06. The Morgan fingerprint density at radius 2 is 2.19 bits per heavy atom. The number of nitrogens with zero attached hydrogens (tertiary/aromatic N) is 2. The first-order valence-electron chi connectivity index (χ1n) is 6.64. The number of benzene rings is 1. The van der Waals surface area contributed by atoms with Gasteiger partial charge in [-0.2, -0.15) is 5.10 Å². The van der Waals surface area contributed by atoms with Crippen LogP contribution in [0.3, 0.4) is 0 Å². The van der Waals surface area contributed by atoms with Gasteiger partial charge in [-0.3, -0.25) is 4.79 Å². The zero-order valence-electron chi connectivity index (χ0n) is 11.7. The van der Waals surface area contributed by atoms with Gasteiger partial charge in [0.2, 0.25) is 0 Å². The maximum absolute atomic E-state index is 12.1. The molecule has 3 aromatic rings. The maximum atomic E-state index is 12.1. The topological polar surface area (TPSA) is 46.9 Å². The smallest absolute Gasteiger partial charge is 0.261 e. The highest BCUT2D eigenvalue weighted by Gasteiger charge is 2.16. The van der Waals surface area contributed by atoms with Crippen molar-refractivity contribution >= 4 is 27.5 Å². The second kappa shape index (κ2) is 5.54. The summed E-state index contributed by atoms with van der Waals surface area (Å²) in [6.07, 6.45) is 1.67. The lowest BCUT2D eigenvalue weighted by atomic mass is 10.3. The van der Waals surface area contributed by atoms with Crippen LogP contribution in [0.1, 0.15) is 15.4 Å². The van der Waals surface area contributed by atoms with Crippen LogP contribution in [-0.4, -0.2) is 22.2 Å². The minimum atomic E-state index is -0.0740. The Morgan fingerprint density at radius 3 is 2.90 bits per heavy atom. The lowest BCUT2D eigenvalue weighted by Crippen LogP contribution is -2.22. The largest absolute Gasteiger partial charge is 0.348 e. The quantitative estimate of drug-likeness (QED) is 0.751. The Labute approximate surface area is 126 Å². The molecule has 0 aliphatic carbocycles. The SMILES string of the molecule is C=CCNC(=O)c1cc2c(C)nn(-c3ccccc3)c2s1. The maximum Gasteiger partial charge on any atom is 0.261 e. The number of aryl methyl sites for hydroxylation is 1. The molecule has 4 nitrogen and oxygen atoms in total. The molecular formula is C16H15N3OS. The highest BCUT2D eigenvalue weighted by molar-refractivity contribution is 7.20. The van der Waals surface area contributed by atoms with Crippen molar-refractivity contribution in [3.05, 3.63) is 59.6 Å². The predicted octanol–water partition coefficient (Wildman–Crippen LogP) is 3.31. The first-order chi connectivity index (χ1) is 10.2. The van der Waals surface area contributed by atoms with Crippen LogP contribution in [0.2, 0.25) is 0 Å². The minimum absolute atomic E-state index is 0.0740. The number of carbonyl (C=O) groups excluding carboxylic acids is 1. The number of para-hydroxylation sites is 1. The summed E-state index contributed by atoms with van der Waals surface area (Å²) in [6, 6.07) is 11.8. The van der Waals surface area contributed by atoms with Gasteiger partial charge < -0.3 is 5.32 Å². The van der Waals surface area contributed by atoms with Gasteiger partial charge in [0.25, 0.3) is 5.91 Å². The molecule has 0 atom stereocenters. The summed E-state index contributed by atoms with van der Waals surface area (Å²) < 4.78 is 1.89. The average Bonchev–Trinajstić information content (AvgIpc) is 3.07. The Bertz CT molecular complexity index is 802. The molecule has 0 aliphatic heterocycles. The number of fused-ring (bicyclic) bond motifs is 1. The molecule has 0 fully saturated rings. The number of hydrogen-bond acceptors (Lipinski definition) is 3. The molecule has 1 amide bonds. The number of thiophene rings is 1. The van der Waals surface area contributed by atoms with Gasteiger partial charge in [0.05, 0.1) is 16.3 Å². The van der Waals surface area contributed by atoms with Crippen LogP contribution in [0.5, 0.6) is 0 Å². The fourth-order valence-electron chi connectivity index (χ4n) is 2.16. The van der Waals surface area contributed by atoms with E-state index in [1.54, 1.807) is 6.08 Å². The summed E-state index contributed by atoms with van der Waals surface area (Å²) >= 11 is 1.45. The molecule has 5 heteroatoms. The molecule has 2 aromatic heterocycles. The van der Waals surface area contributed by atoms with E-state index in [1.807, 2.05) is 48.0 Å². The van der Waals surface area contributed by atoms with Crippen LogP contribution in [-0.2, 0) is 0 Å². The van der Waals surface area contributed by atoms with Gasteiger partial charge in [-0.25, -0.2) is 4.68 Å². The van der Waals surface area contributed by atoms with Crippen molar-refractivity contribution in [2.45, 2.75) is 6.92 Å². The van der Waals surface area contributed by atoms with Gasteiger partial charge in [-0.05, 0) is 25.1 Å². The molecule has 0 radical (unpaired) electrons. The summed E-state index contributed by atoms with van der Waals surface area (Å²) in [4.78, 5) is 13.7. The lowest BCUT2D eigenvalue weighted by Gasteiger charge is -2.01. The number of amides is 1. The number of rotatable bonds is 4. The summed E-state index contributed by atoms with van der Waals surface area (Å²) in [6.45, 7) is 6.03. The van der Waals surface area contributed by atoms with Crippen molar-refractivity contribution in [1.82, 2.24) is 15.1 Å². The van der Waals surface area contributed by atoms with Crippen molar-refractivity contribution in [3.8, 4) is 5.69 Å². The minimum Gasteiger partial charge on any atom is -0.348 e. The Hall–Kier alpha value is -2.40. The molecule has 2 heterocycles. The van der Waals surface area contributed by atoms with E-state index in [0.29, 0.717) is 11.4 Å². The molecule has 0 bridgehead atoms. The summed E-state index contributed by atoms with van der Waals surface area (Å²) in [7, 11) is 0. The molecule has 0 unspecified atom stereocenters. The normalized spacial score (nSPS) is 10.7. The van der Waals surface area contributed by atoms with E-state index in [1.165, 1.54) is 11.3 Å². The van der Waals surface area contributed by atoms with Gasteiger partial charge >= 0.3 is 0 Å². The van der Waals surface area contributed by atoms with Crippen molar-refractivity contribution in [3.63, 3.8) is 0 Å². The molecule has 0 saturated heterocycles. The fraction of sp³-hybridized carbons (Fsp3) is 0.125. The third-order valence-electron chi connectivity index (χ3n) is 3.18. The van der Waals surface area contributed by atoms with E-state index in [2.05, 4.69) is 17.0 Å². The molecule has 21 heavy (non-hydrogen) atoms. The first-order valence-corrected chi connectivity index (χ1v) is 7.46. The van der Waals surface area contributed by atoms with Crippen molar-refractivity contribution < 1.29 is 4.79 Å². The third-order valence-corrected chi connectivity index (χ3v) is 4.29. The number of carbonyl (C=O) groups is 1. The van der Waals surface area contributed by atoms with E-state index in [9.17, 15) is 4.79 Å². The molecule has 0 saturated carbocycles. The van der Waals surface area contributed by atoms with E-state index in [0.717, 1.165) is 21.6 Å². The molecule has 1 N–H and O–H groups in total. The molecule has 106 valence electrons. The molecule has 0 spiro atoms. The summed E-state index contributed by atoms with van der Waals surface area (Å²) in [5.41, 5.74) is 1.92. The molecule has 1 aromatic carbocycles. The Kier molecular flexibility index (Phi) is 3.58. The number of hydrogen-bond donors (Lipinski definition) is 1. The first kappa shape index (κ1) is 13.6. The van der Waals surface area contributed by atoms with Crippen LogP contribution < -0.4 is 5.32 Å². The van der Waals surface area contributed by atoms with Crippen LogP contribution in [0.15, 0.2) is 49.1 Å². The molecule has 0 aliphatic rings. The van der Waals surface area contributed by atoms with E-state index in [-0.39, 0.29) is 5.91 Å². The van der Waals surface area contributed by atoms with Gasteiger partial charge in [0.1, 0.15) is 4.83 Å².